The summed E-state index contributed by atoms with van der Waals surface area (Å²) < 4.78 is 18.5. The predicted molar refractivity (Wildman–Crippen MR) is 71.0 cm³/mol. The lowest BCUT2D eigenvalue weighted by atomic mass is 10.1. The number of methoxy groups -OCH3 is 1. The van der Waals surface area contributed by atoms with E-state index in [9.17, 15) is 14.0 Å². The highest BCUT2D eigenvalue weighted by molar-refractivity contribution is 5.94. The van der Waals surface area contributed by atoms with Crippen LogP contribution in [0.1, 0.15) is 17.3 Å². The quantitative estimate of drug-likeness (QED) is 0.826. The number of nitrogens with zero attached hydrogens (tertiary/aromatic N) is 1. The van der Waals surface area contributed by atoms with E-state index < -0.39 is 23.6 Å². The first kappa shape index (κ1) is 16.1. The van der Waals surface area contributed by atoms with Crippen molar-refractivity contribution in [2.24, 2.45) is 5.92 Å². The molecule has 0 aromatic heterocycles. The van der Waals surface area contributed by atoms with Gasteiger partial charge in [0.05, 0.1) is 18.1 Å². The summed E-state index contributed by atoms with van der Waals surface area (Å²) in [6.07, 6.45) is 0. The minimum absolute atomic E-state index is 0.00581. The molecular formula is C14H18FNO4. The van der Waals surface area contributed by atoms with Crippen LogP contribution in [0.25, 0.3) is 0 Å². The SMILES string of the molecule is COCCN(CC(C)C(=O)O)C(=O)c1ccccc1F. The van der Waals surface area contributed by atoms with Gasteiger partial charge < -0.3 is 14.7 Å². The number of hydrogen-bond donors (Lipinski definition) is 1. The fourth-order valence-corrected chi connectivity index (χ4v) is 1.69. The molecule has 0 spiro atoms. The molecule has 1 rings (SSSR count). The van der Waals surface area contributed by atoms with E-state index in [-0.39, 0.29) is 25.3 Å². The maximum absolute atomic E-state index is 13.6. The van der Waals surface area contributed by atoms with Gasteiger partial charge in [-0.15, -0.1) is 0 Å². The highest BCUT2D eigenvalue weighted by Crippen LogP contribution is 2.12. The van der Waals surface area contributed by atoms with Gasteiger partial charge in [0.2, 0.25) is 0 Å². The van der Waals surface area contributed by atoms with Crippen molar-refractivity contribution in [3.8, 4) is 0 Å². The summed E-state index contributed by atoms with van der Waals surface area (Å²) >= 11 is 0. The Morgan fingerprint density at radius 2 is 2.05 bits per heavy atom. The number of ether oxygens (including phenoxy) is 1. The minimum Gasteiger partial charge on any atom is -0.481 e. The average molecular weight is 283 g/mol. The van der Waals surface area contributed by atoms with Crippen molar-refractivity contribution in [1.82, 2.24) is 4.90 Å². The van der Waals surface area contributed by atoms with Crippen molar-refractivity contribution < 1.29 is 23.8 Å². The van der Waals surface area contributed by atoms with Crippen LogP contribution in [-0.2, 0) is 9.53 Å². The number of carboxylic acids is 1. The van der Waals surface area contributed by atoms with Gasteiger partial charge in [-0.25, -0.2) is 4.39 Å². The van der Waals surface area contributed by atoms with Gasteiger partial charge in [0.15, 0.2) is 0 Å². The Kier molecular flexibility index (Phi) is 6.11. The smallest absolute Gasteiger partial charge is 0.308 e. The molecule has 0 bridgehead atoms. The zero-order valence-electron chi connectivity index (χ0n) is 11.5. The van der Waals surface area contributed by atoms with Crippen molar-refractivity contribution in [2.75, 3.05) is 26.8 Å². The standard InChI is InChI=1S/C14H18FNO4/c1-10(14(18)19)9-16(7-8-20-2)13(17)11-5-3-4-6-12(11)15/h3-6,10H,7-9H2,1-2H3,(H,18,19). The zero-order valence-corrected chi connectivity index (χ0v) is 11.5. The third kappa shape index (κ3) is 4.31. The van der Waals surface area contributed by atoms with E-state index in [0.717, 1.165) is 0 Å². The molecule has 0 aliphatic heterocycles. The molecular weight excluding hydrogens is 265 g/mol. The van der Waals surface area contributed by atoms with E-state index in [4.69, 9.17) is 9.84 Å². The Morgan fingerprint density at radius 1 is 1.40 bits per heavy atom. The van der Waals surface area contributed by atoms with Crippen LogP contribution in [0.2, 0.25) is 0 Å². The summed E-state index contributed by atoms with van der Waals surface area (Å²) in [7, 11) is 1.48. The Balaban J connectivity index is 2.89. The Labute approximate surface area is 117 Å². The minimum atomic E-state index is -1.01. The Morgan fingerprint density at radius 3 is 2.60 bits per heavy atom. The summed E-state index contributed by atoms with van der Waals surface area (Å²) in [4.78, 5) is 24.5. The van der Waals surface area contributed by atoms with Crippen molar-refractivity contribution in [2.45, 2.75) is 6.92 Å². The van der Waals surface area contributed by atoms with Gasteiger partial charge in [-0.05, 0) is 12.1 Å². The second-order valence-electron chi connectivity index (χ2n) is 4.46. The van der Waals surface area contributed by atoms with Crippen LogP contribution in [0.5, 0.6) is 0 Å². The lowest BCUT2D eigenvalue weighted by Gasteiger charge is -2.24. The predicted octanol–water partition coefficient (Wildman–Crippen LogP) is 1.63. The second-order valence-corrected chi connectivity index (χ2v) is 4.46. The molecule has 0 saturated carbocycles. The molecule has 5 nitrogen and oxygen atoms in total. The summed E-state index contributed by atoms with van der Waals surface area (Å²) in [6, 6.07) is 5.63. The normalized spacial score (nSPS) is 11.9. The molecule has 20 heavy (non-hydrogen) atoms. The third-order valence-electron chi connectivity index (χ3n) is 2.87. The first-order chi connectivity index (χ1) is 9.47. The first-order valence-electron chi connectivity index (χ1n) is 6.23. The summed E-state index contributed by atoms with van der Waals surface area (Å²) in [5, 5.41) is 8.92. The highest BCUT2D eigenvalue weighted by Gasteiger charge is 2.23. The van der Waals surface area contributed by atoms with E-state index >= 15 is 0 Å². The Bertz CT molecular complexity index is 478. The molecule has 0 fully saturated rings. The fraction of sp³-hybridized carbons (Fsp3) is 0.429. The topological polar surface area (TPSA) is 66.8 Å². The van der Waals surface area contributed by atoms with E-state index in [1.54, 1.807) is 6.07 Å². The van der Waals surface area contributed by atoms with Gasteiger partial charge >= 0.3 is 5.97 Å². The van der Waals surface area contributed by atoms with Gasteiger partial charge in [-0.2, -0.15) is 0 Å². The van der Waals surface area contributed by atoms with Crippen molar-refractivity contribution >= 4 is 11.9 Å². The zero-order chi connectivity index (χ0) is 15.1. The molecule has 1 aromatic carbocycles. The number of carboxylic acid groups (broad SMARTS) is 1. The van der Waals surface area contributed by atoms with Crippen LogP contribution >= 0.6 is 0 Å². The second kappa shape index (κ2) is 7.59. The highest BCUT2D eigenvalue weighted by atomic mass is 19.1. The van der Waals surface area contributed by atoms with Gasteiger partial charge in [0, 0.05) is 20.2 Å². The number of aliphatic carboxylic acids is 1. The molecule has 1 aromatic rings. The van der Waals surface area contributed by atoms with Crippen molar-refractivity contribution in [1.29, 1.82) is 0 Å². The number of benzene rings is 1. The molecule has 1 atom stereocenters. The van der Waals surface area contributed by atoms with Gasteiger partial charge in [-0.3, -0.25) is 9.59 Å². The van der Waals surface area contributed by atoms with Crippen LogP contribution in [0.4, 0.5) is 4.39 Å². The van der Waals surface area contributed by atoms with Crippen LogP contribution < -0.4 is 0 Å². The Hall–Kier alpha value is -1.95. The van der Waals surface area contributed by atoms with Crippen molar-refractivity contribution in [3.63, 3.8) is 0 Å². The average Bonchev–Trinajstić information content (AvgIpc) is 2.42. The summed E-state index contributed by atoms with van der Waals surface area (Å²) in [5.41, 5.74) is -0.0683. The molecule has 6 heteroatoms. The van der Waals surface area contributed by atoms with E-state index in [2.05, 4.69) is 0 Å². The lowest BCUT2D eigenvalue weighted by molar-refractivity contribution is -0.141. The number of hydrogen-bond acceptors (Lipinski definition) is 3. The third-order valence-corrected chi connectivity index (χ3v) is 2.87. The van der Waals surface area contributed by atoms with Crippen molar-refractivity contribution in [3.05, 3.63) is 35.6 Å². The maximum Gasteiger partial charge on any atom is 0.308 e. The van der Waals surface area contributed by atoms with E-state index in [1.807, 2.05) is 0 Å². The number of rotatable bonds is 7. The van der Waals surface area contributed by atoms with Gasteiger partial charge in [-0.1, -0.05) is 19.1 Å². The molecule has 1 unspecified atom stereocenters. The maximum atomic E-state index is 13.6. The van der Waals surface area contributed by atoms with Crippen LogP contribution in [0.3, 0.4) is 0 Å². The molecule has 0 radical (unpaired) electrons. The monoisotopic (exact) mass is 283 g/mol. The summed E-state index contributed by atoms with van der Waals surface area (Å²) in [5.74, 6) is -2.90. The number of carbonyl (C=O) groups excluding carboxylic acids is 1. The van der Waals surface area contributed by atoms with Gasteiger partial charge in [0.1, 0.15) is 5.82 Å². The van der Waals surface area contributed by atoms with Crippen LogP contribution in [0.15, 0.2) is 24.3 Å². The molecule has 0 aliphatic carbocycles. The summed E-state index contributed by atoms with van der Waals surface area (Å²) in [6.45, 7) is 1.97. The molecule has 1 N–H and O–H groups in total. The fourth-order valence-electron chi connectivity index (χ4n) is 1.69. The first-order valence-corrected chi connectivity index (χ1v) is 6.23. The van der Waals surface area contributed by atoms with E-state index in [1.165, 1.54) is 37.1 Å². The van der Waals surface area contributed by atoms with Crippen LogP contribution in [0, 0.1) is 11.7 Å². The number of halogens is 1. The number of carbonyl (C=O) groups is 2. The van der Waals surface area contributed by atoms with E-state index in [0.29, 0.717) is 0 Å². The molecule has 0 aliphatic rings. The lowest BCUT2D eigenvalue weighted by Crippen LogP contribution is -2.39. The molecule has 110 valence electrons. The number of amides is 1. The van der Waals surface area contributed by atoms with Gasteiger partial charge in [0.25, 0.3) is 5.91 Å². The molecule has 0 saturated heterocycles. The molecule has 1 amide bonds. The largest absolute Gasteiger partial charge is 0.481 e. The van der Waals surface area contributed by atoms with Crippen LogP contribution in [-0.4, -0.2) is 48.7 Å². The molecule has 0 heterocycles.